The van der Waals surface area contributed by atoms with E-state index in [2.05, 4.69) is 24.0 Å². The van der Waals surface area contributed by atoms with Crippen molar-refractivity contribution in [2.75, 3.05) is 12.8 Å². The molecule has 0 aliphatic rings. The van der Waals surface area contributed by atoms with Crippen molar-refractivity contribution in [3.8, 4) is 11.6 Å². The van der Waals surface area contributed by atoms with Gasteiger partial charge >= 0.3 is 0 Å². The van der Waals surface area contributed by atoms with E-state index in [0.717, 1.165) is 12.1 Å². The van der Waals surface area contributed by atoms with Gasteiger partial charge in [-0.05, 0) is 42.7 Å². The Hall–Kier alpha value is -2.61. The summed E-state index contributed by atoms with van der Waals surface area (Å²) in [4.78, 5) is 14.4. The van der Waals surface area contributed by atoms with Crippen LogP contribution in [0.1, 0.15) is 32.4 Å². The van der Waals surface area contributed by atoms with Crippen molar-refractivity contribution in [2.24, 2.45) is 5.92 Å². The Labute approximate surface area is 174 Å². The zero-order valence-corrected chi connectivity index (χ0v) is 17.8. The van der Waals surface area contributed by atoms with Gasteiger partial charge in [-0.25, -0.2) is 4.39 Å². The number of rotatable bonds is 8. The molecule has 29 heavy (non-hydrogen) atoms. The summed E-state index contributed by atoms with van der Waals surface area (Å²) < 4.78 is 20.6. The summed E-state index contributed by atoms with van der Waals surface area (Å²) in [6.07, 6.45) is 1.60. The minimum Gasteiger partial charge on any atom is -0.461 e. The number of nitrogens with zero attached hydrogens (tertiary/aromatic N) is 4. The van der Waals surface area contributed by atoms with Gasteiger partial charge in [-0.3, -0.25) is 9.36 Å². The third kappa shape index (κ3) is 5.06. The van der Waals surface area contributed by atoms with E-state index in [0.29, 0.717) is 22.7 Å². The van der Waals surface area contributed by atoms with E-state index in [1.165, 1.54) is 23.9 Å². The minimum atomic E-state index is -0.290. The highest BCUT2D eigenvalue weighted by Gasteiger charge is 2.21. The second-order valence-electron chi connectivity index (χ2n) is 7.31. The van der Waals surface area contributed by atoms with Crippen molar-refractivity contribution in [1.82, 2.24) is 19.7 Å². The van der Waals surface area contributed by atoms with E-state index in [1.807, 2.05) is 23.6 Å². The summed E-state index contributed by atoms with van der Waals surface area (Å²) in [6, 6.07) is 9.71. The molecule has 0 saturated carbocycles. The zero-order valence-electron chi connectivity index (χ0n) is 17.0. The Bertz CT molecular complexity index is 938. The van der Waals surface area contributed by atoms with Crippen LogP contribution in [0.25, 0.3) is 11.6 Å². The fourth-order valence-electron chi connectivity index (χ4n) is 2.92. The number of carbonyl (C=O) groups excluding carboxylic acids is 1. The first-order valence-corrected chi connectivity index (χ1v) is 10.5. The van der Waals surface area contributed by atoms with Gasteiger partial charge in [0.1, 0.15) is 5.82 Å². The Morgan fingerprint density at radius 1 is 1.21 bits per heavy atom. The molecule has 0 saturated heterocycles. The van der Waals surface area contributed by atoms with E-state index < -0.39 is 0 Å². The molecule has 6 nitrogen and oxygen atoms in total. The third-order valence-corrected chi connectivity index (χ3v) is 5.61. The molecule has 0 aliphatic carbocycles. The third-order valence-electron chi connectivity index (χ3n) is 4.66. The van der Waals surface area contributed by atoms with Gasteiger partial charge < -0.3 is 9.32 Å². The lowest BCUT2D eigenvalue weighted by Crippen LogP contribution is -2.31. The number of furan rings is 1. The van der Waals surface area contributed by atoms with Gasteiger partial charge in [-0.15, -0.1) is 10.2 Å². The van der Waals surface area contributed by atoms with Gasteiger partial charge in [0.05, 0.1) is 18.1 Å². The number of amides is 1. The van der Waals surface area contributed by atoms with E-state index in [4.69, 9.17) is 4.42 Å². The van der Waals surface area contributed by atoms with Crippen LogP contribution in [0.5, 0.6) is 0 Å². The molecular weight excluding hydrogens is 391 g/mol. The number of carbonyl (C=O) groups is 1. The van der Waals surface area contributed by atoms with Crippen molar-refractivity contribution in [3.63, 3.8) is 0 Å². The number of benzene rings is 1. The van der Waals surface area contributed by atoms with Gasteiger partial charge in [-0.1, -0.05) is 37.7 Å². The number of halogens is 1. The van der Waals surface area contributed by atoms with E-state index in [-0.39, 0.29) is 23.5 Å². The predicted molar refractivity (Wildman–Crippen MR) is 111 cm³/mol. The monoisotopic (exact) mass is 416 g/mol. The number of thioether (sulfide) groups is 1. The molecule has 2 heterocycles. The molecule has 0 radical (unpaired) electrons. The van der Waals surface area contributed by atoms with Crippen LogP contribution < -0.4 is 0 Å². The normalized spacial score (nSPS) is 12.3. The minimum absolute atomic E-state index is 0.0366. The van der Waals surface area contributed by atoms with Crippen LogP contribution in [-0.4, -0.2) is 38.4 Å². The lowest BCUT2D eigenvalue weighted by Gasteiger charge is -2.25. The quantitative estimate of drug-likeness (QED) is 0.500. The predicted octanol–water partition coefficient (Wildman–Crippen LogP) is 4.64. The van der Waals surface area contributed by atoms with Crippen molar-refractivity contribution in [3.05, 3.63) is 54.0 Å². The Balaban J connectivity index is 1.70. The first-order valence-electron chi connectivity index (χ1n) is 9.47. The first-order chi connectivity index (χ1) is 13.9. The lowest BCUT2D eigenvalue weighted by molar-refractivity contribution is -0.128. The van der Waals surface area contributed by atoms with Gasteiger partial charge in [0.2, 0.25) is 5.91 Å². The van der Waals surface area contributed by atoms with E-state index in [1.54, 1.807) is 30.3 Å². The smallest absolute Gasteiger partial charge is 0.233 e. The molecule has 2 aromatic heterocycles. The summed E-state index contributed by atoms with van der Waals surface area (Å²) >= 11 is 1.36. The maximum absolute atomic E-state index is 13.1. The maximum atomic E-state index is 13.1. The molecule has 0 bridgehead atoms. The standard InChI is InChI=1S/C21H25FN4O2S/c1-14(2)12-26-20(18-6-5-11-28-18)23-24-21(26)29-13-19(27)25(4)15(3)16-7-9-17(22)10-8-16/h5-11,14-15H,12-13H2,1-4H3. The average Bonchev–Trinajstić information content (AvgIpc) is 3.35. The van der Waals surface area contributed by atoms with Crippen LogP contribution in [0.2, 0.25) is 0 Å². The molecular formula is C21H25FN4O2S. The largest absolute Gasteiger partial charge is 0.461 e. The summed E-state index contributed by atoms with van der Waals surface area (Å²) in [5.74, 6) is 1.60. The Kier molecular flexibility index (Phi) is 6.74. The molecule has 1 aromatic carbocycles. The molecule has 0 aliphatic heterocycles. The van der Waals surface area contributed by atoms with Crippen molar-refractivity contribution in [2.45, 2.75) is 38.5 Å². The Morgan fingerprint density at radius 3 is 2.55 bits per heavy atom. The van der Waals surface area contributed by atoms with Crippen LogP contribution in [0, 0.1) is 11.7 Å². The SMILES string of the molecule is CC(C)Cn1c(SCC(=O)N(C)C(C)c2ccc(F)cc2)nnc1-c1ccco1. The van der Waals surface area contributed by atoms with E-state index >= 15 is 0 Å². The molecule has 1 amide bonds. The van der Waals surface area contributed by atoms with Crippen LogP contribution in [0.15, 0.2) is 52.2 Å². The topological polar surface area (TPSA) is 64.2 Å². The van der Waals surface area contributed by atoms with Crippen LogP contribution in [-0.2, 0) is 11.3 Å². The van der Waals surface area contributed by atoms with E-state index in [9.17, 15) is 9.18 Å². The number of aromatic nitrogens is 3. The van der Waals surface area contributed by atoms with Crippen LogP contribution >= 0.6 is 11.8 Å². The highest BCUT2D eigenvalue weighted by Crippen LogP contribution is 2.26. The molecule has 0 N–H and O–H groups in total. The molecule has 154 valence electrons. The Morgan fingerprint density at radius 2 is 1.93 bits per heavy atom. The number of hydrogen-bond donors (Lipinski definition) is 0. The fraction of sp³-hybridized carbons (Fsp3) is 0.381. The second kappa shape index (κ2) is 9.26. The summed E-state index contributed by atoms with van der Waals surface area (Å²) in [6.45, 7) is 6.88. The van der Waals surface area contributed by atoms with Crippen LogP contribution in [0.4, 0.5) is 4.39 Å². The maximum Gasteiger partial charge on any atom is 0.233 e. The zero-order chi connectivity index (χ0) is 21.0. The second-order valence-corrected chi connectivity index (χ2v) is 8.25. The molecule has 0 spiro atoms. The highest BCUT2D eigenvalue weighted by atomic mass is 32.2. The van der Waals surface area contributed by atoms with Crippen LogP contribution in [0.3, 0.4) is 0 Å². The van der Waals surface area contributed by atoms with Crippen molar-refractivity contribution < 1.29 is 13.6 Å². The first kappa shape index (κ1) is 21.1. The average molecular weight is 417 g/mol. The molecule has 3 rings (SSSR count). The van der Waals surface area contributed by atoms with Gasteiger partial charge in [0.25, 0.3) is 0 Å². The summed E-state index contributed by atoms with van der Waals surface area (Å²) in [5, 5.41) is 9.22. The molecule has 1 unspecified atom stereocenters. The summed E-state index contributed by atoms with van der Waals surface area (Å²) in [5.41, 5.74) is 0.885. The van der Waals surface area contributed by atoms with Gasteiger partial charge in [-0.2, -0.15) is 0 Å². The fourth-order valence-corrected chi connectivity index (χ4v) is 3.79. The lowest BCUT2D eigenvalue weighted by atomic mass is 10.1. The molecule has 1 atom stereocenters. The van der Waals surface area contributed by atoms with Gasteiger partial charge in [0, 0.05) is 13.6 Å². The van der Waals surface area contributed by atoms with Crippen molar-refractivity contribution >= 4 is 17.7 Å². The molecule has 8 heteroatoms. The molecule has 0 fully saturated rings. The molecule has 3 aromatic rings. The summed E-state index contributed by atoms with van der Waals surface area (Å²) in [7, 11) is 1.75. The van der Waals surface area contributed by atoms with Crippen molar-refractivity contribution in [1.29, 1.82) is 0 Å². The van der Waals surface area contributed by atoms with Gasteiger partial charge in [0.15, 0.2) is 16.7 Å². The highest BCUT2D eigenvalue weighted by molar-refractivity contribution is 7.99. The number of hydrogen-bond acceptors (Lipinski definition) is 5.